The first-order valence-electron chi connectivity index (χ1n) is 5.77. The van der Waals surface area contributed by atoms with E-state index in [1.54, 1.807) is 7.11 Å². The molecule has 0 aliphatic heterocycles. The molecule has 0 unspecified atom stereocenters. The van der Waals surface area contributed by atoms with E-state index in [4.69, 9.17) is 9.88 Å². The van der Waals surface area contributed by atoms with Gasteiger partial charge in [0.15, 0.2) is 0 Å². The van der Waals surface area contributed by atoms with Gasteiger partial charge in [-0.1, -0.05) is 12.1 Å². The molecule has 1 rings (SSSR count). The number of nitrogens with one attached hydrogen (secondary N) is 1. The Hall–Kier alpha value is -1.11. The minimum Gasteiger partial charge on any atom is -0.496 e. The number of nitrogens with two attached hydrogens (primary N) is 1. The minimum atomic E-state index is -3.34. The molecule has 0 atom stereocenters. The zero-order valence-corrected chi connectivity index (χ0v) is 11.6. The van der Waals surface area contributed by atoms with Crippen molar-refractivity contribution in [1.29, 1.82) is 0 Å². The third kappa shape index (κ3) is 5.48. The van der Waals surface area contributed by atoms with Crippen molar-refractivity contribution in [3.8, 4) is 5.75 Å². The summed E-state index contributed by atoms with van der Waals surface area (Å²) in [6.45, 7) is 3.32. The molecular formula is C12H20N2O3S. The number of methoxy groups -OCH3 is 1. The number of hydrogen-bond acceptors (Lipinski definition) is 4. The highest BCUT2D eigenvalue weighted by atomic mass is 32.2. The van der Waals surface area contributed by atoms with Gasteiger partial charge in [-0.05, 0) is 37.1 Å². The molecule has 0 aliphatic rings. The van der Waals surface area contributed by atoms with Gasteiger partial charge in [0.05, 0.1) is 12.9 Å². The van der Waals surface area contributed by atoms with Crippen LogP contribution < -0.4 is 15.2 Å². The van der Waals surface area contributed by atoms with Crippen molar-refractivity contribution < 1.29 is 13.2 Å². The fourth-order valence-electron chi connectivity index (χ4n) is 1.68. The maximum atomic E-state index is 10.7. The van der Waals surface area contributed by atoms with E-state index >= 15 is 0 Å². The average Bonchev–Trinajstić information content (AvgIpc) is 2.27. The molecule has 6 heteroatoms. The van der Waals surface area contributed by atoms with Crippen LogP contribution in [0.3, 0.4) is 0 Å². The number of ether oxygens (including phenoxy) is 1. The van der Waals surface area contributed by atoms with Gasteiger partial charge in [0.25, 0.3) is 0 Å². The molecule has 0 saturated carbocycles. The van der Waals surface area contributed by atoms with Crippen LogP contribution in [-0.4, -0.2) is 27.8 Å². The Morgan fingerprint density at radius 1 is 1.39 bits per heavy atom. The van der Waals surface area contributed by atoms with Gasteiger partial charge in [-0.3, -0.25) is 0 Å². The Morgan fingerprint density at radius 3 is 2.67 bits per heavy atom. The summed E-state index contributed by atoms with van der Waals surface area (Å²) in [5.74, 6) is 0.884. The Bertz CT molecular complexity index is 486. The third-order valence-electron chi connectivity index (χ3n) is 2.57. The highest BCUT2D eigenvalue weighted by Gasteiger charge is 2.02. The molecule has 0 saturated heterocycles. The van der Waals surface area contributed by atoms with Crippen molar-refractivity contribution in [1.82, 2.24) is 5.32 Å². The van der Waals surface area contributed by atoms with Gasteiger partial charge in [-0.2, -0.15) is 0 Å². The lowest BCUT2D eigenvalue weighted by molar-refractivity contribution is 0.411. The number of sulfonamides is 1. The maximum absolute atomic E-state index is 10.7. The van der Waals surface area contributed by atoms with Crippen molar-refractivity contribution in [3.63, 3.8) is 0 Å². The molecule has 0 aromatic heterocycles. The highest BCUT2D eigenvalue weighted by Crippen LogP contribution is 2.18. The molecule has 0 fully saturated rings. The zero-order valence-electron chi connectivity index (χ0n) is 10.8. The van der Waals surface area contributed by atoms with Gasteiger partial charge in [0.2, 0.25) is 10.0 Å². The van der Waals surface area contributed by atoms with E-state index in [0.717, 1.165) is 16.9 Å². The molecule has 0 aliphatic carbocycles. The lowest BCUT2D eigenvalue weighted by Gasteiger charge is -2.08. The van der Waals surface area contributed by atoms with Gasteiger partial charge in [-0.15, -0.1) is 0 Å². The van der Waals surface area contributed by atoms with E-state index in [0.29, 0.717) is 19.5 Å². The van der Waals surface area contributed by atoms with Crippen molar-refractivity contribution in [2.45, 2.75) is 19.9 Å². The molecule has 3 N–H and O–H groups in total. The molecule has 5 nitrogen and oxygen atoms in total. The van der Waals surface area contributed by atoms with E-state index in [9.17, 15) is 8.42 Å². The number of aryl methyl sites for hydroxylation is 1. The van der Waals surface area contributed by atoms with Crippen LogP contribution in [0.15, 0.2) is 18.2 Å². The molecule has 0 spiro atoms. The van der Waals surface area contributed by atoms with Crippen LogP contribution in [-0.2, 0) is 16.6 Å². The summed E-state index contributed by atoms with van der Waals surface area (Å²) in [6.07, 6.45) is 0.522. The zero-order chi connectivity index (χ0) is 13.6. The summed E-state index contributed by atoms with van der Waals surface area (Å²) in [4.78, 5) is 0. The fourth-order valence-corrected chi connectivity index (χ4v) is 2.23. The summed E-state index contributed by atoms with van der Waals surface area (Å²) >= 11 is 0. The first-order chi connectivity index (χ1) is 8.42. The number of benzene rings is 1. The van der Waals surface area contributed by atoms with E-state index in [1.807, 2.05) is 25.1 Å². The van der Waals surface area contributed by atoms with Crippen LogP contribution in [0.25, 0.3) is 0 Å². The summed E-state index contributed by atoms with van der Waals surface area (Å²) in [5.41, 5.74) is 2.23. The van der Waals surface area contributed by atoms with Gasteiger partial charge >= 0.3 is 0 Å². The first kappa shape index (κ1) is 14.9. The van der Waals surface area contributed by atoms with E-state index in [2.05, 4.69) is 5.32 Å². The average molecular weight is 272 g/mol. The second-order valence-electron chi connectivity index (χ2n) is 4.20. The van der Waals surface area contributed by atoms with Gasteiger partial charge in [-0.25, -0.2) is 13.6 Å². The Morgan fingerprint density at radius 2 is 2.11 bits per heavy atom. The molecule has 0 radical (unpaired) electrons. The summed E-state index contributed by atoms with van der Waals surface area (Å²) < 4.78 is 26.6. The van der Waals surface area contributed by atoms with Crippen molar-refractivity contribution in [2.24, 2.45) is 5.14 Å². The second-order valence-corrected chi connectivity index (χ2v) is 5.94. The SMILES string of the molecule is COc1ccc(CNCCCS(N)(=O)=O)cc1C. The number of primary sulfonamides is 1. The lowest BCUT2D eigenvalue weighted by Crippen LogP contribution is -2.22. The molecule has 1 aromatic rings. The monoisotopic (exact) mass is 272 g/mol. The summed E-state index contributed by atoms with van der Waals surface area (Å²) in [7, 11) is -1.70. The Balaban J connectivity index is 2.34. The second kappa shape index (κ2) is 6.72. The van der Waals surface area contributed by atoms with Crippen LogP contribution in [0, 0.1) is 6.92 Å². The Labute approximate surface area is 108 Å². The topological polar surface area (TPSA) is 81.4 Å². The molecular weight excluding hydrogens is 252 g/mol. The molecule has 0 bridgehead atoms. The minimum absolute atomic E-state index is 0.0155. The normalized spacial score (nSPS) is 11.5. The summed E-state index contributed by atoms with van der Waals surface area (Å²) in [5, 5.41) is 8.09. The Kier molecular flexibility index (Phi) is 5.58. The number of rotatable bonds is 7. The van der Waals surface area contributed by atoms with Crippen LogP contribution in [0.5, 0.6) is 5.75 Å². The third-order valence-corrected chi connectivity index (χ3v) is 3.43. The van der Waals surface area contributed by atoms with Crippen LogP contribution in [0.1, 0.15) is 17.5 Å². The molecule has 102 valence electrons. The number of hydrogen-bond donors (Lipinski definition) is 2. The fraction of sp³-hybridized carbons (Fsp3) is 0.500. The van der Waals surface area contributed by atoms with E-state index < -0.39 is 10.0 Å². The van der Waals surface area contributed by atoms with E-state index in [-0.39, 0.29) is 5.75 Å². The molecule has 0 heterocycles. The molecule has 0 amide bonds. The predicted octanol–water partition coefficient (Wildman–Crippen LogP) is 0.772. The lowest BCUT2D eigenvalue weighted by atomic mass is 10.1. The highest BCUT2D eigenvalue weighted by molar-refractivity contribution is 7.89. The quantitative estimate of drug-likeness (QED) is 0.718. The summed E-state index contributed by atoms with van der Waals surface area (Å²) in [6, 6.07) is 5.96. The van der Waals surface area contributed by atoms with Crippen molar-refractivity contribution in [3.05, 3.63) is 29.3 Å². The van der Waals surface area contributed by atoms with Gasteiger partial charge in [0, 0.05) is 6.54 Å². The van der Waals surface area contributed by atoms with Crippen molar-refractivity contribution >= 4 is 10.0 Å². The predicted molar refractivity (Wildman–Crippen MR) is 72.0 cm³/mol. The molecule has 18 heavy (non-hydrogen) atoms. The smallest absolute Gasteiger partial charge is 0.209 e. The maximum Gasteiger partial charge on any atom is 0.209 e. The van der Waals surface area contributed by atoms with Crippen LogP contribution in [0.4, 0.5) is 0 Å². The van der Waals surface area contributed by atoms with Gasteiger partial charge < -0.3 is 10.1 Å². The first-order valence-corrected chi connectivity index (χ1v) is 7.48. The standard InChI is InChI=1S/C12H20N2O3S/c1-10-8-11(4-5-12(10)17-2)9-14-6-3-7-18(13,15)16/h4-5,8,14H,3,6-7,9H2,1-2H3,(H2,13,15,16). The van der Waals surface area contributed by atoms with E-state index in [1.165, 1.54) is 0 Å². The largest absolute Gasteiger partial charge is 0.496 e. The van der Waals surface area contributed by atoms with Crippen molar-refractivity contribution in [2.75, 3.05) is 19.4 Å². The van der Waals surface area contributed by atoms with Gasteiger partial charge in [0.1, 0.15) is 5.75 Å². The van der Waals surface area contributed by atoms with Crippen LogP contribution in [0.2, 0.25) is 0 Å². The van der Waals surface area contributed by atoms with Crippen LogP contribution >= 0.6 is 0 Å². The molecule has 1 aromatic carbocycles.